The number of halogens is 1. The number of carbonyl (C=O) groups excluding carboxylic acids is 2. The molecule has 11 heteroatoms. The largest absolute Gasteiger partial charge is 0.488 e. The molecule has 1 N–H and O–H groups in total. The number of rotatable bonds is 5. The molecule has 0 spiro atoms. The number of anilines is 1. The van der Waals surface area contributed by atoms with Gasteiger partial charge in [-0.15, -0.1) is 0 Å². The summed E-state index contributed by atoms with van der Waals surface area (Å²) in [6.07, 6.45) is 6.14. The van der Waals surface area contributed by atoms with Gasteiger partial charge in [-0.3, -0.25) is 9.69 Å². The van der Waals surface area contributed by atoms with E-state index in [2.05, 4.69) is 15.4 Å². The second kappa shape index (κ2) is 9.98. The lowest BCUT2D eigenvalue weighted by Gasteiger charge is -2.48. The molecule has 1 aliphatic carbocycles. The van der Waals surface area contributed by atoms with Gasteiger partial charge in [0.25, 0.3) is 0 Å². The van der Waals surface area contributed by atoms with Crippen molar-refractivity contribution in [2.75, 3.05) is 18.5 Å². The zero-order chi connectivity index (χ0) is 27.3. The van der Waals surface area contributed by atoms with Crippen LogP contribution < -0.4 is 10.1 Å². The van der Waals surface area contributed by atoms with Crippen molar-refractivity contribution in [2.45, 2.75) is 70.2 Å². The molecule has 0 aromatic carbocycles. The predicted molar refractivity (Wildman–Crippen MR) is 145 cm³/mol. The minimum Gasteiger partial charge on any atom is -0.488 e. The summed E-state index contributed by atoms with van der Waals surface area (Å²) in [5.74, 6) is 1.26. The molecule has 2 aliphatic heterocycles. The highest BCUT2D eigenvalue weighted by molar-refractivity contribution is 6.29. The van der Waals surface area contributed by atoms with E-state index in [0.717, 1.165) is 29.5 Å². The maximum absolute atomic E-state index is 12.9. The van der Waals surface area contributed by atoms with E-state index in [-0.39, 0.29) is 36.1 Å². The van der Waals surface area contributed by atoms with Crippen LogP contribution in [0.15, 0.2) is 36.7 Å². The lowest BCUT2D eigenvalue weighted by atomic mass is 9.92. The van der Waals surface area contributed by atoms with Gasteiger partial charge >= 0.3 is 6.09 Å². The van der Waals surface area contributed by atoms with Gasteiger partial charge in [0.2, 0.25) is 5.91 Å². The summed E-state index contributed by atoms with van der Waals surface area (Å²) in [5.41, 5.74) is 1.95. The molecule has 10 nitrogen and oxygen atoms in total. The van der Waals surface area contributed by atoms with E-state index >= 15 is 0 Å². The Balaban J connectivity index is 1.22. The molecule has 3 aromatic rings. The summed E-state index contributed by atoms with van der Waals surface area (Å²) in [6, 6.07) is 7.28. The Labute approximate surface area is 231 Å². The lowest BCUT2D eigenvalue weighted by molar-refractivity contribution is -0.117. The molecule has 2 saturated heterocycles. The SMILES string of the molecule is CC(C)(C)OC(=O)N1[C@@H]2COC[C@H]1CC(Oc1cnc(Cl)cc1-c1ccn3nc(NC(=O)C4CC4)cc3c1)C2. The highest BCUT2D eigenvalue weighted by atomic mass is 35.5. The van der Waals surface area contributed by atoms with Crippen LogP contribution >= 0.6 is 11.6 Å². The van der Waals surface area contributed by atoms with E-state index in [1.807, 2.05) is 50.1 Å². The van der Waals surface area contributed by atoms with Gasteiger partial charge in [0.05, 0.1) is 37.0 Å². The topological polar surface area (TPSA) is 107 Å². The zero-order valence-electron chi connectivity index (χ0n) is 22.2. The number of piperidine rings is 1. The van der Waals surface area contributed by atoms with Crippen molar-refractivity contribution >= 4 is 34.9 Å². The molecule has 3 atom stereocenters. The first-order chi connectivity index (χ1) is 18.6. The number of nitrogens with one attached hydrogen (secondary N) is 1. The Morgan fingerprint density at radius 1 is 1.13 bits per heavy atom. The van der Waals surface area contributed by atoms with Crippen LogP contribution in [0.4, 0.5) is 10.6 Å². The van der Waals surface area contributed by atoms with Crippen molar-refractivity contribution in [1.29, 1.82) is 0 Å². The van der Waals surface area contributed by atoms with Gasteiger partial charge in [0.15, 0.2) is 5.82 Å². The molecular weight excluding hydrogens is 522 g/mol. The minimum absolute atomic E-state index is 0.0168. The second-order valence-electron chi connectivity index (χ2n) is 11.5. The molecule has 2 amide bonds. The van der Waals surface area contributed by atoms with E-state index in [0.29, 0.717) is 42.8 Å². The average molecular weight is 554 g/mol. The Kier molecular flexibility index (Phi) is 6.63. The molecule has 5 heterocycles. The maximum atomic E-state index is 12.9. The summed E-state index contributed by atoms with van der Waals surface area (Å²) >= 11 is 6.30. The predicted octanol–water partition coefficient (Wildman–Crippen LogP) is 4.94. The Bertz CT molecular complexity index is 1400. The number of hydrogen-bond acceptors (Lipinski definition) is 7. The summed E-state index contributed by atoms with van der Waals surface area (Å²) < 4.78 is 19.7. The number of amides is 2. The molecule has 3 aliphatic rings. The van der Waals surface area contributed by atoms with Crippen LogP contribution in [0.3, 0.4) is 0 Å². The molecule has 1 saturated carbocycles. The van der Waals surface area contributed by atoms with E-state index in [1.165, 1.54) is 0 Å². The molecule has 2 bridgehead atoms. The van der Waals surface area contributed by atoms with Gasteiger partial charge in [-0.25, -0.2) is 14.3 Å². The van der Waals surface area contributed by atoms with Gasteiger partial charge in [-0.05, 0) is 57.4 Å². The van der Waals surface area contributed by atoms with Crippen LogP contribution in [0.1, 0.15) is 46.5 Å². The maximum Gasteiger partial charge on any atom is 0.410 e. The van der Waals surface area contributed by atoms with E-state index in [1.54, 1.807) is 16.8 Å². The van der Waals surface area contributed by atoms with Gasteiger partial charge in [-0.1, -0.05) is 11.6 Å². The number of ether oxygens (including phenoxy) is 3. The first-order valence-corrected chi connectivity index (χ1v) is 13.7. The van der Waals surface area contributed by atoms with Gasteiger partial charge in [-0.2, -0.15) is 5.10 Å². The number of pyridine rings is 2. The monoisotopic (exact) mass is 553 g/mol. The number of morpholine rings is 1. The molecule has 206 valence electrons. The van der Waals surface area contributed by atoms with Gasteiger partial charge in [0, 0.05) is 36.6 Å². The van der Waals surface area contributed by atoms with E-state index in [9.17, 15) is 9.59 Å². The van der Waals surface area contributed by atoms with Gasteiger partial charge < -0.3 is 19.5 Å². The molecular formula is C28H32ClN5O5. The highest BCUT2D eigenvalue weighted by Crippen LogP contribution is 2.37. The van der Waals surface area contributed by atoms with Crippen molar-refractivity contribution in [3.05, 3.63) is 41.8 Å². The average Bonchev–Trinajstić information content (AvgIpc) is 3.63. The standard InChI is InChI=1S/C28H32ClN5O5/c1-28(2,3)39-27(36)34-19-9-21(10-20(34)15-37-14-19)38-23-13-30-24(29)12-22(23)17-6-7-33-18(8-17)11-25(32-33)31-26(35)16-4-5-16/h6-8,11-13,16,19-21H,4-5,9-10,14-15H2,1-3H3,(H,31,32,35)/t19-,20+,21?. The number of hydrogen-bond donors (Lipinski definition) is 1. The molecule has 1 unspecified atom stereocenters. The fourth-order valence-electron chi connectivity index (χ4n) is 5.29. The van der Waals surface area contributed by atoms with Crippen LogP contribution in [0, 0.1) is 5.92 Å². The van der Waals surface area contributed by atoms with Crippen molar-refractivity contribution in [3.63, 3.8) is 0 Å². The second-order valence-corrected chi connectivity index (χ2v) is 11.9. The molecule has 6 rings (SSSR count). The fraction of sp³-hybridized carbons (Fsp3) is 0.500. The molecule has 3 aromatic heterocycles. The Hall–Kier alpha value is -3.37. The summed E-state index contributed by atoms with van der Waals surface area (Å²) in [4.78, 5) is 31.2. The van der Waals surface area contributed by atoms with Crippen molar-refractivity contribution < 1.29 is 23.8 Å². The van der Waals surface area contributed by atoms with Crippen molar-refractivity contribution in [2.24, 2.45) is 5.92 Å². The number of aromatic nitrogens is 3. The summed E-state index contributed by atoms with van der Waals surface area (Å²) in [6.45, 7) is 6.50. The third kappa shape index (κ3) is 5.67. The number of carbonyl (C=O) groups is 2. The van der Waals surface area contributed by atoms with Crippen molar-refractivity contribution in [3.8, 4) is 16.9 Å². The van der Waals surface area contributed by atoms with E-state index in [4.69, 9.17) is 25.8 Å². The number of fused-ring (bicyclic) bond motifs is 3. The summed E-state index contributed by atoms with van der Waals surface area (Å²) in [7, 11) is 0. The molecule has 0 radical (unpaired) electrons. The Morgan fingerprint density at radius 2 is 1.87 bits per heavy atom. The van der Waals surface area contributed by atoms with E-state index < -0.39 is 5.60 Å². The quantitative estimate of drug-likeness (QED) is 0.446. The normalized spacial score (nSPS) is 23.0. The van der Waals surface area contributed by atoms with Crippen LogP contribution in [-0.2, 0) is 14.3 Å². The first kappa shape index (κ1) is 25.9. The fourth-order valence-corrected chi connectivity index (χ4v) is 5.45. The third-order valence-electron chi connectivity index (χ3n) is 7.18. The lowest BCUT2D eigenvalue weighted by Crippen LogP contribution is -2.61. The van der Waals surface area contributed by atoms with Crippen molar-refractivity contribution in [1.82, 2.24) is 19.5 Å². The van der Waals surface area contributed by atoms with Gasteiger partial charge in [0.1, 0.15) is 22.6 Å². The highest BCUT2D eigenvalue weighted by Gasteiger charge is 2.44. The van der Waals surface area contributed by atoms with Crippen LogP contribution in [0.2, 0.25) is 5.15 Å². The Morgan fingerprint density at radius 3 is 2.56 bits per heavy atom. The van der Waals surface area contributed by atoms with Crippen LogP contribution in [0.25, 0.3) is 16.6 Å². The first-order valence-electron chi connectivity index (χ1n) is 13.3. The van der Waals surface area contributed by atoms with Crippen LogP contribution in [0.5, 0.6) is 5.75 Å². The number of nitrogens with zero attached hydrogens (tertiary/aromatic N) is 4. The summed E-state index contributed by atoms with van der Waals surface area (Å²) in [5, 5.41) is 7.72. The van der Waals surface area contributed by atoms with Crippen LogP contribution in [-0.4, -0.2) is 68.5 Å². The molecule has 39 heavy (non-hydrogen) atoms. The third-order valence-corrected chi connectivity index (χ3v) is 7.39. The zero-order valence-corrected chi connectivity index (χ0v) is 23.0. The smallest absolute Gasteiger partial charge is 0.410 e. The molecule has 3 fully saturated rings. The minimum atomic E-state index is -0.566.